The maximum Gasteiger partial charge on any atom is 0.256 e. The van der Waals surface area contributed by atoms with Crippen molar-refractivity contribution in [1.29, 1.82) is 0 Å². The molecule has 0 fully saturated rings. The van der Waals surface area contributed by atoms with Crippen LogP contribution in [0.3, 0.4) is 0 Å². The maximum atomic E-state index is 13.7. The van der Waals surface area contributed by atoms with Crippen molar-refractivity contribution >= 4 is 33.6 Å². The molecule has 1 aromatic heterocycles. The molecule has 1 heterocycles. The summed E-state index contributed by atoms with van der Waals surface area (Å²) in [6, 6.07) is 8.02. The summed E-state index contributed by atoms with van der Waals surface area (Å²) in [6.07, 6.45) is 1.55. The van der Waals surface area contributed by atoms with Crippen LogP contribution >= 0.6 is 15.9 Å². The number of hydrogen-bond donors (Lipinski definition) is 1. The largest absolute Gasteiger partial charge is 0.327 e. The molecule has 0 aliphatic rings. The summed E-state index contributed by atoms with van der Waals surface area (Å²) in [6.45, 7) is 0. The number of benzene rings is 2. The first-order chi connectivity index (χ1) is 13.7. The minimum atomic E-state index is -2.34. The van der Waals surface area contributed by atoms with Gasteiger partial charge in [-0.15, -0.1) is 0 Å². The summed E-state index contributed by atoms with van der Waals surface area (Å²) < 4.78 is 67.3. The Kier molecular flexibility index (Phi) is 5.73. The molecule has 0 atom stereocenters. The van der Waals surface area contributed by atoms with Crippen LogP contribution in [0.15, 0.2) is 50.8 Å². The standard InChI is InChI=1S/C19H8BrF5N2O2/c20-9-6-27-19(29)11(8-4-2-1-3-5-8)12(9)10(28)7-26-18-16(24)14(22)13(21)15(23)17(18)25/h1-7H,(H,27,29). The molecular weight excluding hydrogens is 463 g/mol. The van der Waals surface area contributed by atoms with Crippen molar-refractivity contribution < 1.29 is 26.7 Å². The molecule has 10 heteroatoms. The van der Waals surface area contributed by atoms with Crippen LogP contribution in [0, 0.1) is 29.1 Å². The normalized spacial score (nSPS) is 11.2. The van der Waals surface area contributed by atoms with Crippen molar-refractivity contribution in [2.75, 3.05) is 0 Å². The smallest absolute Gasteiger partial charge is 0.256 e. The molecule has 0 aliphatic heterocycles. The summed E-state index contributed by atoms with van der Waals surface area (Å²) in [5.74, 6) is -12.1. The van der Waals surface area contributed by atoms with Gasteiger partial charge < -0.3 is 4.98 Å². The predicted molar refractivity (Wildman–Crippen MR) is 98.9 cm³/mol. The second-order valence-electron chi connectivity index (χ2n) is 5.62. The third kappa shape index (κ3) is 3.75. The summed E-state index contributed by atoms with van der Waals surface area (Å²) in [5, 5.41) is 0. The molecule has 3 aromatic rings. The Labute approximate surface area is 167 Å². The Morgan fingerprint density at radius 2 is 1.48 bits per heavy atom. The van der Waals surface area contributed by atoms with Crippen LogP contribution in [-0.2, 0) is 0 Å². The number of Topliss-reactive ketones (excluding diaryl/α,β-unsaturated/α-hetero) is 1. The predicted octanol–water partition coefficient (Wildman–Crippen LogP) is 5.09. The Hall–Kier alpha value is -3.14. The summed E-state index contributed by atoms with van der Waals surface area (Å²) in [7, 11) is 0. The van der Waals surface area contributed by atoms with Crippen molar-refractivity contribution in [1.82, 2.24) is 4.98 Å². The van der Waals surface area contributed by atoms with Crippen LogP contribution in [0.4, 0.5) is 27.6 Å². The van der Waals surface area contributed by atoms with E-state index in [1.807, 2.05) is 0 Å². The molecule has 29 heavy (non-hydrogen) atoms. The van der Waals surface area contributed by atoms with Gasteiger partial charge in [-0.3, -0.25) is 9.59 Å². The van der Waals surface area contributed by atoms with Crippen LogP contribution in [0.2, 0.25) is 0 Å². The van der Waals surface area contributed by atoms with E-state index in [9.17, 15) is 31.5 Å². The number of rotatable bonds is 4. The monoisotopic (exact) mass is 470 g/mol. The van der Waals surface area contributed by atoms with E-state index in [0.29, 0.717) is 11.8 Å². The maximum absolute atomic E-state index is 13.7. The highest BCUT2D eigenvalue weighted by Crippen LogP contribution is 2.30. The highest BCUT2D eigenvalue weighted by Gasteiger charge is 2.26. The quantitative estimate of drug-likeness (QED) is 0.190. The zero-order valence-corrected chi connectivity index (χ0v) is 15.7. The zero-order chi connectivity index (χ0) is 21.3. The highest BCUT2D eigenvalue weighted by atomic mass is 79.9. The number of ketones is 1. The number of hydrogen-bond acceptors (Lipinski definition) is 3. The third-order valence-corrected chi connectivity index (χ3v) is 4.48. The van der Waals surface area contributed by atoms with Gasteiger partial charge in [0, 0.05) is 10.7 Å². The second-order valence-corrected chi connectivity index (χ2v) is 6.48. The fourth-order valence-electron chi connectivity index (χ4n) is 2.52. The number of aliphatic imine (C=N–C) groups is 1. The first-order valence-electron chi connectivity index (χ1n) is 7.80. The molecule has 4 nitrogen and oxygen atoms in total. The molecule has 3 rings (SSSR count). The molecule has 0 amide bonds. The number of nitrogens with one attached hydrogen (secondary N) is 1. The van der Waals surface area contributed by atoms with Gasteiger partial charge in [0.25, 0.3) is 5.56 Å². The number of aromatic amines is 1. The molecule has 1 N–H and O–H groups in total. The summed E-state index contributed by atoms with van der Waals surface area (Å²) >= 11 is 3.10. The van der Waals surface area contributed by atoms with E-state index in [1.54, 1.807) is 30.3 Å². The average Bonchev–Trinajstić information content (AvgIpc) is 2.72. The van der Waals surface area contributed by atoms with Crippen molar-refractivity contribution in [3.05, 3.63) is 86.0 Å². The van der Waals surface area contributed by atoms with E-state index < -0.39 is 46.1 Å². The van der Waals surface area contributed by atoms with E-state index >= 15 is 0 Å². The fourth-order valence-corrected chi connectivity index (χ4v) is 3.03. The van der Waals surface area contributed by atoms with Crippen LogP contribution in [-0.4, -0.2) is 17.0 Å². The zero-order valence-electron chi connectivity index (χ0n) is 14.1. The van der Waals surface area contributed by atoms with Gasteiger partial charge in [-0.2, -0.15) is 0 Å². The van der Waals surface area contributed by atoms with Gasteiger partial charge >= 0.3 is 0 Å². The lowest BCUT2D eigenvalue weighted by Crippen LogP contribution is -2.16. The number of pyridine rings is 1. The van der Waals surface area contributed by atoms with Gasteiger partial charge in [0.2, 0.25) is 11.6 Å². The van der Waals surface area contributed by atoms with Crippen LogP contribution in [0.5, 0.6) is 0 Å². The molecular formula is C19H8BrF5N2O2. The van der Waals surface area contributed by atoms with Crippen molar-refractivity contribution in [2.24, 2.45) is 4.99 Å². The van der Waals surface area contributed by atoms with E-state index in [1.165, 1.54) is 6.20 Å². The van der Waals surface area contributed by atoms with Gasteiger partial charge in [0.15, 0.2) is 23.3 Å². The SMILES string of the molecule is O=C(C=Nc1c(F)c(F)c(F)c(F)c1F)c1c(Br)c[nH]c(=O)c1-c1ccccc1. The first-order valence-corrected chi connectivity index (χ1v) is 8.59. The molecule has 0 spiro atoms. The van der Waals surface area contributed by atoms with Crippen LogP contribution < -0.4 is 5.56 Å². The summed E-state index contributed by atoms with van der Waals surface area (Å²) in [5.41, 5.74) is -2.05. The van der Waals surface area contributed by atoms with Gasteiger partial charge in [0.1, 0.15) is 5.69 Å². The van der Waals surface area contributed by atoms with Crippen molar-refractivity contribution in [3.8, 4) is 11.1 Å². The molecule has 0 unspecified atom stereocenters. The lowest BCUT2D eigenvalue weighted by Gasteiger charge is -2.08. The molecule has 0 aliphatic carbocycles. The Morgan fingerprint density at radius 3 is 2.07 bits per heavy atom. The number of carbonyl (C=O) groups excluding carboxylic acids is 1. The Morgan fingerprint density at radius 1 is 0.931 bits per heavy atom. The molecule has 0 saturated carbocycles. The van der Waals surface area contributed by atoms with E-state index in [4.69, 9.17) is 0 Å². The second kappa shape index (κ2) is 8.08. The van der Waals surface area contributed by atoms with Gasteiger partial charge in [-0.1, -0.05) is 30.3 Å². The number of nitrogens with zero attached hydrogens (tertiary/aromatic N) is 1. The highest BCUT2D eigenvalue weighted by molar-refractivity contribution is 9.10. The minimum Gasteiger partial charge on any atom is -0.327 e. The van der Waals surface area contributed by atoms with Crippen LogP contribution in [0.1, 0.15) is 10.4 Å². The average molecular weight is 471 g/mol. The minimum absolute atomic E-state index is 0.0613. The Balaban J connectivity index is 2.13. The van der Waals surface area contributed by atoms with Gasteiger partial charge in [-0.25, -0.2) is 26.9 Å². The van der Waals surface area contributed by atoms with Gasteiger partial charge in [0.05, 0.1) is 17.3 Å². The number of H-pyrrole nitrogens is 1. The fraction of sp³-hybridized carbons (Fsp3) is 0. The summed E-state index contributed by atoms with van der Waals surface area (Å²) in [4.78, 5) is 30.4. The topological polar surface area (TPSA) is 62.3 Å². The molecule has 148 valence electrons. The number of carbonyl (C=O) groups is 1. The van der Waals surface area contributed by atoms with E-state index in [0.717, 1.165) is 0 Å². The van der Waals surface area contributed by atoms with Gasteiger partial charge in [-0.05, 0) is 21.5 Å². The van der Waals surface area contributed by atoms with E-state index in [2.05, 4.69) is 25.9 Å². The Bertz CT molecular complexity index is 1180. The molecule has 0 bridgehead atoms. The third-order valence-electron chi connectivity index (χ3n) is 3.85. The number of aromatic nitrogens is 1. The van der Waals surface area contributed by atoms with Crippen LogP contribution in [0.25, 0.3) is 11.1 Å². The number of halogens is 6. The molecule has 0 saturated heterocycles. The van der Waals surface area contributed by atoms with Crippen molar-refractivity contribution in [2.45, 2.75) is 0 Å². The van der Waals surface area contributed by atoms with E-state index in [-0.39, 0.29) is 15.6 Å². The first kappa shape index (κ1) is 20.6. The lowest BCUT2D eigenvalue weighted by molar-refractivity contribution is 0.107. The molecule has 2 aromatic carbocycles. The van der Waals surface area contributed by atoms with Crippen molar-refractivity contribution in [3.63, 3.8) is 0 Å². The molecule has 0 radical (unpaired) electrons. The lowest BCUT2D eigenvalue weighted by atomic mass is 9.99.